The molecule has 124 valence electrons. The number of imidazole rings is 1. The normalized spacial score (nSPS) is 10.7. The number of halogens is 1. The number of rotatable bonds is 6. The highest BCUT2D eigenvalue weighted by molar-refractivity contribution is 6.30. The summed E-state index contributed by atoms with van der Waals surface area (Å²) >= 11 is 5.78. The van der Waals surface area contributed by atoms with Gasteiger partial charge in [-0.2, -0.15) is 0 Å². The molecule has 3 aromatic rings. The predicted molar refractivity (Wildman–Crippen MR) is 92.6 cm³/mol. The van der Waals surface area contributed by atoms with E-state index < -0.39 is 0 Å². The molecule has 0 fully saturated rings. The van der Waals surface area contributed by atoms with Crippen LogP contribution in [0.25, 0.3) is 11.0 Å². The van der Waals surface area contributed by atoms with Crippen LogP contribution in [0.4, 0.5) is 0 Å². The van der Waals surface area contributed by atoms with Gasteiger partial charge in [-0.25, -0.2) is 4.79 Å². The van der Waals surface area contributed by atoms with Crippen molar-refractivity contribution in [3.8, 4) is 5.75 Å². The second kappa shape index (κ2) is 7.23. The fourth-order valence-corrected chi connectivity index (χ4v) is 2.44. The lowest BCUT2D eigenvalue weighted by atomic mass is 10.1. The minimum atomic E-state index is -0.227. The van der Waals surface area contributed by atoms with Crippen molar-refractivity contribution in [1.29, 1.82) is 0 Å². The van der Waals surface area contributed by atoms with Crippen molar-refractivity contribution in [3.63, 3.8) is 0 Å². The highest BCUT2D eigenvalue weighted by atomic mass is 35.5. The lowest BCUT2D eigenvalue weighted by Gasteiger charge is -2.07. The topological polar surface area (TPSA) is 87.0 Å². The molecule has 2 aromatic carbocycles. The Labute approximate surface area is 142 Å². The number of hydrogen-bond acceptors (Lipinski definition) is 3. The van der Waals surface area contributed by atoms with Crippen molar-refractivity contribution in [2.24, 2.45) is 0 Å². The summed E-state index contributed by atoms with van der Waals surface area (Å²) in [4.78, 5) is 28.4. The third-order valence-electron chi connectivity index (χ3n) is 3.50. The van der Waals surface area contributed by atoms with E-state index in [2.05, 4.69) is 15.3 Å². The molecule has 0 spiro atoms. The largest absolute Gasteiger partial charge is 0.484 e. The molecular weight excluding hydrogens is 330 g/mol. The molecule has 1 heterocycles. The third kappa shape index (κ3) is 4.17. The molecule has 24 heavy (non-hydrogen) atoms. The molecule has 0 saturated heterocycles. The Bertz CT molecular complexity index is 899. The van der Waals surface area contributed by atoms with Gasteiger partial charge >= 0.3 is 5.69 Å². The summed E-state index contributed by atoms with van der Waals surface area (Å²) in [5.74, 6) is 0.400. The van der Waals surface area contributed by atoms with E-state index >= 15 is 0 Å². The van der Waals surface area contributed by atoms with Gasteiger partial charge in [0.25, 0.3) is 5.91 Å². The first-order chi connectivity index (χ1) is 11.6. The van der Waals surface area contributed by atoms with E-state index in [4.69, 9.17) is 16.3 Å². The predicted octanol–water partition coefficient (Wildman–Crippen LogP) is 2.25. The maximum absolute atomic E-state index is 11.8. The Morgan fingerprint density at radius 3 is 2.62 bits per heavy atom. The van der Waals surface area contributed by atoms with Gasteiger partial charge in [0.15, 0.2) is 6.61 Å². The number of aromatic amines is 2. The van der Waals surface area contributed by atoms with Gasteiger partial charge in [-0.15, -0.1) is 0 Å². The smallest absolute Gasteiger partial charge is 0.323 e. The average molecular weight is 346 g/mol. The van der Waals surface area contributed by atoms with Crippen LogP contribution in [0, 0.1) is 0 Å². The summed E-state index contributed by atoms with van der Waals surface area (Å²) in [7, 11) is 0. The maximum atomic E-state index is 11.8. The van der Waals surface area contributed by atoms with Crippen molar-refractivity contribution >= 4 is 28.5 Å². The molecule has 1 amide bonds. The number of aromatic nitrogens is 2. The first-order valence-corrected chi connectivity index (χ1v) is 7.84. The summed E-state index contributed by atoms with van der Waals surface area (Å²) in [5.41, 5.74) is 2.32. The van der Waals surface area contributed by atoms with Gasteiger partial charge in [0.1, 0.15) is 5.75 Å². The zero-order valence-electron chi connectivity index (χ0n) is 12.8. The van der Waals surface area contributed by atoms with E-state index in [1.165, 1.54) is 0 Å². The van der Waals surface area contributed by atoms with Gasteiger partial charge in [-0.3, -0.25) is 4.79 Å². The third-order valence-corrected chi connectivity index (χ3v) is 3.75. The van der Waals surface area contributed by atoms with Crippen molar-refractivity contribution in [2.45, 2.75) is 6.42 Å². The van der Waals surface area contributed by atoms with E-state index in [9.17, 15) is 9.59 Å². The van der Waals surface area contributed by atoms with Crippen LogP contribution in [0.1, 0.15) is 5.56 Å². The van der Waals surface area contributed by atoms with Crippen LogP contribution in [-0.2, 0) is 11.2 Å². The van der Waals surface area contributed by atoms with Crippen LogP contribution >= 0.6 is 11.6 Å². The summed E-state index contributed by atoms with van der Waals surface area (Å²) < 4.78 is 5.37. The summed E-state index contributed by atoms with van der Waals surface area (Å²) in [6.45, 7) is 0.439. The van der Waals surface area contributed by atoms with Crippen molar-refractivity contribution in [2.75, 3.05) is 13.2 Å². The van der Waals surface area contributed by atoms with E-state index in [1.807, 2.05) is 18.2 Å². The highest BCUT2D eigenvalue weighted by Crippen LogP contribution is 2.15. The Kier molecular flexibility index (Phi) is 4.86. The number of carbonyl (C=O) groups is 1. The number of benzene rings is 2. The molecule has 1 aromatic heterocycles. The molecule has 3 rings (SSSR count). The summed E-state index contributed by atoms with van der Waals surface area (Å²) in [5, 5.41) is 3.41. The molecule has 0 aliphatic carbocycles. The fourth-order valence-electron chi connectivity index (χ4n) is 2.31. The zero-order chi connectivity index (χ0) is 16.9. The Morgan fingerprint density at radius 2 is 1.83 bits per heavy atom. The molecule has 0 aliphatic heterocycles. The van der Waals surface area contributed by atoms with E-state index in [0.29, 0.717) is 23.7 Å². The van der Waals surface area contributed by atoms with Gasteiger partial charge in [-0.1, -0.05) is 17.7 Å². The molecular formula is C17H16ClN3O3. The molecule has 3 N–H and O–H groups in total. The van der Waals surface area contributed by atoms with Gasteiger partial charge in [0.2, 0.25) is 0 Å². The van der Waals surface area contributed by atoms with Crippen LogP contribution in [-0.4, -0.2) is 29.0 Å². The molecule has 0 unspecified atom stereocenters. The van der Waals surface area contributed by atoms with Crippen LogP contribution < -0.4 is 15.7 Å². The average Bonchev–Trinajstić information content (AvgIpc) is 2.93. The first kappa shape index (κ1) is 16.1. The van der Waals surface area contributed by atoms with Crippen LogP contribution in [0.15, 0.2) is 47.3 Å². The second-order valence-corrected chi connectivity index (χ2v) is 5.74. The molecule has 0 aliphatic rings. The van der Waals surface area contributed by atoms with Crippen LogP contribution in [0.2, 0.25) is 5.02 Å². The second-order valence-electron chi connectivity index (χ2n) is 5.30. The first-order valence-electron chi connectivity index (χ1n) is 7.46. The van der Waals surface area contributed by atoms with Crippen molar-refractivity contribution in [1.82, 2.24) is 15.3 Å². The molecule has 0 atom stereocenters. The van der Waals surface area contributed by atoms with Gasteiger partial charge < -0.3 is 20.0 Å². The van der Waals surface area contributed by atoms with Crippen LogP contribution in [0.3, 0.4) is 0 Å². The van der Waals surface area contributed by atoms with E-state index in [-0.39, 0.29) is 18.2 Å². The highest BCUT2D eigenvalue weighted by Gasteiger charge is 2.04. The molecule has 0 saturated carbocycles. The number of ether oxygens (including phenoxy) is 1. The quantitative estimate of drug-likeness (QED) is 0.640. The van der Waals surface area contributed by atoms with E-state index in [1.54, 1.807) is 24.3 Å². The number of H-pyrrole nitrogens is 2. The lowest BCUT2D eigenvalue weighted by Crippen LogP contribution is -2.30. The molecule has 6 nitrogen and oxygen atoms in total. The number of carbonyl (C=O) groups excluding carboxylic acids is 1. The maximum Gasteiger partial charge on any atom is 0.323 e. The minimum Gasteiger partial charge on any atom is -0.484 e. The minimum absolute atomic E-state index is 0.0498. The zero-order valence-corrected chi connectivity index (χ0v) is 13.5. The fraction of sp³-hybridized carbons (Fsp3) is 0.176. The number of fused-ring (bicyclic) bond motifs is 1. The van der Waals surface area contributed by atoms with Gasteiger partial charge in [-0.05, 0) is 48.4 Å². The SMILES string of the molecule is O=C(COc1ccc(Cl)cc1)NCCc1ccc2[nH]c(=O)[nH]c2c1. The molecule has 7 heteroatoms. The number of hydrogen-bond donors (Lipinski definition) is 3. The summed E-state index contributed by atoms with van der Waals surface area (Å²) in [6.07, 6.45) is 0.663. The summed E-state index contributed by atoms with van der Waals surface area (Å²) in [6, 6.07) is 12.5. The van der Waals surface area contributed by atoms with Gasteiger partial charge in [0.05, 0.1) is 11.0 Å². The number of nitrogens with one attached hydrogen (secondary N) is 3. The van der Waals surface area contributed by atoms with Crippen molar-refractivity contribution in [3.05, 3.63) is 63.5 Å². The molecule has 0 radical (unpaired) electrons. The lowest BCUT2D eigenvalue weighted by molar-refractivity contribution is -0.123. The monoisotopic (exact) mass is 345 g/mol. The van der Waals surface area contributed by atoms with Gasteiger partial charge in [0, 0.05) is 11.6 Å². The Hall–Kier alpha value is -2.73. The Morgan fingerprint density at radius 1 is 1.08 bits per heavy atom. The standard InChI is InChI=1S/C17H16ClN3O3/c18-12-2-4-13(5-3-12)24-10-16(22)19-8-7-11-1-6-14-15(9-11)21-17(23)20-14/h1-6,9H,7-8,10H2,(H,19,22)(H2,20,21,23). The van der Waals surface area contributed by atoms with Crippen LogP contribution in [0.5, 0.6) is 5.75 Å². The number of amides is 1. The van der Waals surface area contributed by atoms with E-state index in [0.717, 1.165) is 16.6 Å². The Balaban J connectivity index is 1.45. The van der Waals surface area contributed by atoms with Crippen molar-refractivity contribution < 1.29 is 9.53 Å². The molecule has 0 bridgehead atoms.